The molecule has 43 heavy (non-hydrogen) atoms. The molecule has 2 heterocycles. The zero-order valence-electron chi connectivity index (χ0n) is 26.4. The van der Waals surface area contributed by atoms with Crippen molar-refractivity contribution in [3.8, 4) is 0 Å². The van der Waals surface area contributed by atoms with E-state index in [0.717, 1.165) is 99.7 Å². The molecule has 2 saturated heterocycles. The number of hydrogen-bond acceptors (Lipinski definition) is 4. The Bertz CT molecular complexity index is 957. The molecule has 2 aliphatic heterocycles. The monoisotopic (exact) mass is 596 g/mol. The van der Waals surface area contributed by atoms with Crippen LogP contribution in [0.5, 0.6) is 0 Å². The van der Waals surface area contributed by atoms with E-state index in [2.05, 4.69) is 10.6 Å². The third kappa shape index (κ3) is 5.38. The highest BCUT2D eigenvalue weighted by molar-refractivity contribution is 5.82. The van der Waals surface area contributed by atoms with Crippen molar-refractivity contribution in [1.29, 1.82) is 0 Å². The van der Waals surface area contributed by atoms with Gasteiger partial charge in [-0.2, -0.15) is 0 Å². The summed E-state index contributed by atoms with van der Waals surface area (Å²) in [6.07, 6.45) is 19.9. The second kappa shape index (κ2) is 10.7. The second-order valence-corrected chi connectivity index (χ2v) is 17.6. The molecular weight excluding hydrogens is 540 g/mol. The van der Waals surface area contributed by atoms with Gasteiger partial charge < -0.3 is 30.3 Å². The van der Waals surface area contributed by atoms with Crippen molar-refractivity contribution in [3.05, 3.63) is 10.4 Å². The summed E-state index contributed by atoms with van der Waals surface area (Å²) in [5, 5.41) is 35.7. The number of nitrogens with zero attached hydrogens (tertiary/aromatic N) is 2. The van der Waals surface area contributed by atoms with Crippen LogP contribution in [-0.2, 0) is 9.59 Å². The molecule has 0 aromatic heterocycles. The Morgan fingerprint density at radius 2 is 0.884 bits per heavy atom. The van der Waals surface area contributed by atoms with Crippen LogP contribution in [0.25, 0.3) is 0 Å². The Kier molecular flexibility index (Phi) is 7.24. The van der Waals surface area contributed by atoms with Gasteiger partial charge in [-0.05, 0) is 138 Å². The molecule has 10 rings (SSSR count). The third-order valence-electron chi connectivity index (χ3n) is 14.2. The zero-order valence-corrected chi connectivity index (χ0v) is 26.4. The topological polar surface area (TPSA) is 104 Å². The molecule has 240 valence electrons. The van der Waals surface area contributed by atoms with Crippen LogP contribution in [0.15, 0.2) is 0 Å². The van der Waals surface area contributed by atoms with Gasteiger partial charge >= 0.3 is 0 Å². The van der Waals surface area contributed by atoms with E-state index in [1.807, 2.05) is 0 Å². The fraction of sp³-hybridized carbons (Fsp3) is 0.943. The number of rotatable bonds is 8. The maximum absolute atomic E-state index is 14.3. The number of carbonyl (C=O) groups is 2. The lowest BCUT2D eigenvalue weighted by Gasteiger charge is -2.58. The minimum absolute atomic E-state index is 0.0199. The van der Waals surface area contributed by atoms with Crippen molar-refractivity contribution in [2.24, 2.45) is 35.5 Å². The summed E-state index contributed by atoms with van der Waals surface area (Å²) in [5.74, 6) is 4.45. The lowest BCUT2D eigenvalue weighted by molar-refractivity contribution is -0.919. The number of hydroxylamine groups is 6. The molecule has 0 radical (unpaired) electrons. The van der Waals surface area contributed by atoms with Gasteiger partial charge in [-0.1, -0.05) is 0 Å². The van der Waals surface area contributed by atoms with Gasteiger partial charge in [0.05, 0.1) is 26.2 Å². The van der Waals surface area contributed by atoms with Gasteiger partial charge in [0.2, 0.25) is 0 Å². The number of carbonyl (C=O) groups excluding carboxylic acids is 2. The summed E-state index contributed by atoms with van der Waals surface area (Å²) < 4.78 is -0.968. The summed E-state index contributed by atoms with van der Waals surface area (Å²) in [4.78, 5) is 27.6. The average molecular weight is 597 g/mol. The van der Waals surface area contributed by atoms with E-state index < -0.39 is 21.4 Å². The highest BCUT2D eigenvalue weighted by Crippen LogP contribution is 2.57. The predicted octanol–water partition coefficient (Wildman–Crippen LogP) is 5.28. The lowest BCUT2D eigenvalue weighted by Crippen LogP contribution is -2.67. The molecule has 0 spiro atoms. The predicted molar refractivity (Wildman–Crippen MR) is 165 cm³/mol. The van der Waals surface area contributed by atoms with Gasteiger partial charge in [-0.15, -0.1) is 0 Å². The van der Waals surface area contributed by atoms with Crippen LogP contribution in [0.3, 0.4) is 0 Å². The van der Waals surface area contributed by atoms with Gasteiger partial charge in [0.1, 0.15) is 0 Å². The van der Waals surface area contributed by atoms with Crippen molar-refractivity contribution < 1.29 is 18.9 Å². The Hall–Kier alpha value is -1.22. The molecule has 0 aromatic rings. The molecule has 4 unspecified atom stereocenters. The second-order valence-electron chi connectivity index (χ2n) is 17.6. The Labute approximate surface area is 258 Å². The van der Waals surface area contributed by atoms with E-state index >= 15 is 0 Å². The molecule has 8 bridgehead atoms. The summed E-state index contributed by atoms with van der Waals surface area (Å²) in [6.45, 7) is 1.55. The molecule has 10 fully saturated rings. The quantitative estimate of drug-likeness (QED) is 0.294. The molecule has 8 heteroatoms. The first kappa shape index (κ1) is 29.2. The van der Waals surface area contributed by atoms with Crippen LogP contribution in [0.2, 0.25) is 0 Å². The first-order valence-corrected chi connectivity index (χ1v) is 18.4. The smallest absolute Gasteiger partial charge is 0.279 e. The summed E-state index contributed by atoms with van der Waals surface area (Å²) >= 11 is 0. The van der Waals surface area contributed by atoms with Crippen LogP contribution in [0.1, 0.15) is 122 Å². The Morgan fingerprint density at radius 1 is 0.558 bits per heavy atom. The lowest BCUT2D eigenvalue weighted by atomic mass is 9.53. The molecule has 10 aliphatic rings. The van der Waals surface area contributed by atoms with Gasteiger partial charge in [0.25, 0.3) is 11.8 Å². The average Bonchev–Trinajstić information content (AvgIpc) is 2.91. The fourth-order valence-corrected chi connectivity index (χ4v) is 13.3. The number of nitrogens with one attached hydrogen (secondary N) is 2. The van der Waals surface area contributed by atoms with E-state index in [1.54, 1.807) is 0 Å². The van der Waals surface area contributed by atoms with E-state index in [1.165, 1.54) is 38.5 Å². The molecular formula is C35H56N4O4. The number of hydrogen-bond donors (Lipinski definition) is 2. The maximum atomic E-state index is 14.3. The number of likely N-dealkylation sites (tertiary alicyclic amines) is 2. The van der Waals surface area contributed by atoms with Gasteiger partial charge in [0.15, 0.2) is 12.1 Å². The summed E-state index contributed by atoms with van der Waals surface area (Å²) in [6, 6.07) is -1.11. The third-order valence-corrected chi connectivity index (χ3v) is 14.2. The SMILES string of the molecule is O=C(NC12CC3CC(CC(C3)C1)C2)C1CCCC[N+]1([O-])CCC[N+]1([O-])CCCCC1C(=O)NC12CC3CC(CC(C3)C1)C2. The van der Waals surface area contributed by atoms with E-state index in [0.29, 0.717) is 45.4 Å². The van der Waals surface area contributed by atoms with Gasteiger partial charge in [0, 0.05) is 30.3 Å². The summed E-state index contributed by atoms with van der Waals surface area (Å²) in [7, 11) is 0. The van der Waals surface area contributed by atoms with Gasteiger partial charge in [-0.3, -0.25) is 9.59 Å². The van der Waals surface area contributed by atoms with Crippen molar-refractivity contribution in [1.82, 2.24) is 10.6 Å². The molecule has 8 aliphatic carbocycles. The van der Waals surface area contributed by atoms with Gasteiger partial charge in [-0.25, -0.2) is 0 Å². The van der Waals surface area contributed by atoms with Crippen LogP contribution < -0.4 is 10.6 Å². The Morgan fingerprint density at radius 3 is 1.21 bits per heavy atom. The van der Waals surface area contributed by atoms with Crippen molar-refractivity contribution in [2.75, 3.05) is 26.2 Å². The van der Waals surface area contributed by atoms with Crippen LogP contribution in [0, 0.1) is 45.9 Å². The normalized spacial score (nSPS) is 51.4. The number of quaternary nitrogens is 2. The maximum Gasteiger partial charge on any atom is 0.279 e. The van der Waals surface area contributed by atoms with Crippen molar-refractivity contribution >= 4 is 11.8 Å². The van der Waals surface area contributed by atoms with Crippen molar-refractivity contribution in [3.63, 3.8) is 0 Å². The highest BCUT2D eigenvalue weighted by atomic mass is 16.6. The molecule has 8 saturated carbocycles. The number of piperidine rings is 2. The Balaban J connectivity index is 0.906. The minimum atomic E-state index is -0.557. The molecule has 2 amide bonds. The highest BCUT2D eigenvalue weighted by Gasteiger charge is 2.54. The minimum Gasteiger partial charge on any atom is -0.632 e. The number of amides is 2. The largest absolute Gasteiger partial charge is 0.632 e. The summed E-state index contributed by atoms with van der Waals surface area (Å²) in [5.41, 5.74) is -0.160. The molecule has 0 aromatic carbocycles. The van der Waals surface area contributed by atoms with Crippen LogP contribution in [-0.4, -0.2) is 70.4 Å². The molecule has 4 atom stereocenters. The fourth-order valence-electron chi connectivity index (χ4n) is 13.3. The first-order chi connectivity index (χ1) is 20.6. The first-order valence-electron chi connectivity index (χ1n) is 18.4. The van der Waals surface area contributed by atoms with E-state index in [9.17, 15) is 20.0 Å². The molecule has 2 N–H and O–H groups in total. The van der Waals surface area contributed by atoms with Crippen molar-refractivity contribution in [2.45, 2.75) is 145 Å². The molecule has 8 nitrogen and oxygen atoms in total. The van der Waals surface area contributed by atoms with Crippen LogP contribution in [0.4, 0.5) is 0 Å². The van der Waals surface area contributed by atoms with E-state index in [4.69, 9.17) is 0 Å². The standard InChI is InChI=1S/C35H56N4O4/c40-32(36-34-18-24-12-25(19-34)14-26(13-24)20-34)30-6-1-3-8-38(30,42)10-5-11-39(43)9-4-2-7-31(39)33(41)37-35-21-27-15-28(22-35)17-29(16-27)23-35/h24-31H,1-23H2,(H,36,40)(H,37,41). The van der Waals surface area contributed by atoms with Crippen LogP contribution >= 0.6 is 0 Å². The van der Waals surface area contributed by atoms with E-state index in [-0.39, 0.29) is 22.9 Å². The zero-order chi connectivity index (χ0) is 29.5.